The average Bonchev–Trinajstić information content (AvgIpc) is 2.84. The van der Waals surface area contributed by atoms with E-state index < -0.39 is 6.04 Å². The van der Waals surface area contributed by atoms with Crippen LogP contribution in [0.4, 0.5) is 0 Å². The second-order valence-electron chi connectivity index (χ2n) is 6.94. The molecule has 0 bridgehead atoms. The Hall–Kier alpha value is -3.96. The first kappa shape index (κ1) is 23.7. The first-order valence-electron chi connectivity index (χ1n) is 10.1. The molecule has 0 fully saturated rings. The van der Waals surface area contributed by atoms with Crippen molar-refractivity contribution in [3.8, 4) is 11.8 Å². The van der Waals surface area contributed by atoms with Crippen LogP contribution in [-0.2, 0) is 4.79 Å². The first-order chi connectivity index (χ1) is 16.1. The molecular formula is C25H21BrN4O3. The maximum Gasteiger partial charge on any atom is 0.251 e. The lowest BCUT2D eigenvalue weighted by Gasteiger charge is -2.18. The van der Waals surface area contributed by atoms with Gasteiger partial charge in [0.05, 0.1) is 23.1 Å². The number of hydrogen-bond donors (Lipinski definition) is 2. The standard InChI is InChI=1S/C25H21BrN4O3/c26-21-15-18(11-12-23(21)33-14-13-27)17-28-30-24(31)16-22(19-7-3-1-4-8-19)29-25(32)20-9-5-2-6-10-20/h1-12,15,17,22H,14,16H2,(H,29,32)(H,30,31)/b28-17-/t22-/m1/s1. The van der Waals surface area contributed by atoms with Gasteiger partial charge in [-0.3, -0.25) is 9.59 Å². The van der Waals surface area contributed by atoms with E-state index in [9.17, 15) is 9.59 Å². The molecule has 166 valence electrons. The molecule has 0 aromatic heterocycles. The molecule has 3 aromatic rings. The zero-order chi connectivity index (χ0) is 23.5. The van der Waals surface area contributed by atoms with E-state index in [1.54, 1.807) is 42.5 Å². The van der Waals surface area contributed by atoms with Gasteiger partial charge in [0.25, 0.3) is 5.91 Å². The topological polar surface area (TPSA) is 104 Å². The van der Waals surface area contributed by atoms with Crippen LogP contribution < -0.4 is 15.5 Å². The highest BCUT2D eigenvalue weighted by Gasteiger charge is 2.19. The molecule has 3 rings (SSSR count). The second kappa shape index (κ2) is 12.2. The Labute approximate surface area is 200 Å². The molecule has 0 aliphatic carbocycles. The van der Waals surface area contributed by atoms with Crippen LogP contribution in [0.15, 0.2) is 88.4 Å². The van der Waals surface area contributed by atoms with Gasteiger partial charge >= 0.3 is 0 Å². The highest BCUT2D eigenvalue weighted by Crippen LogP contribution is 2.25. The van der Waals surface area contributed by atoms with Gasteiger partial charge in [-0.25, -0.2) is 5.43 Å². The lowest BCUT2D eigenvalue weighted by molar-refractivity contribution is -0.121. The number of halogens is 1. The van der Waals surface area contributed by atoms with Gasteiger partial charge < -0.3 is 10.1 Å². The van der Waals surface area contributed by atoms with Crippen molar-refractivity contribution in [2.75, 3.05) is 6.61 Å². The van der Waals surface area contributed by atoms with Crippen LogP contribution in [-0.4, -0.2) is 24.6 Å². The van der Waals surface area contributed by atoms with Gasteiger partial charge in [-0.2, -0.15) is 10.4 Å². The summed E-state index contributed by atoms with van der Waals surface area (Å²) in [5, 5.41) is 15.5. The average molecular weight is 505 g/mol. The van der Waals surface area contributed by atoms with Gasteiger partial charge in [-0.1, -0.05) is 48.5 Å². The van der Waals surface area contributed by atoms with Crippen molar-refractivity contribution >= 4 is 34.0 Å². The molecule has 0 radical (unpaired) electrons. The normalized spacial score (nSPS) is 11.4. The molecular weight excluding hydrogens is 484 g/mol. The zero-order valence-electron chi connectivity index (χ0n) is 17.6. The van der Waals surface area contributed by atoms with Crippen molar-refractivity contribution in [1.29, 1.82) is 5.26 Å². The number of rotatable bonds is 9. The van der Waals surface area contributed by atoms with Crippen LogP contribution in [0.2, 0.25) is 0 Å². The molecule has 0 saturated heterocycles. The molecule has 2 N–H and O–H groups in total. The summed E-state index contributed by atoms with van der Waals surface area (Å²) in [6.07, 6.45) is 1.52. The number of hydrogen-bond acceptors (Lipinski definition) is 5. The highest BCUT2D eigenvalue weighted by molar-refractivity contribution is 9.10. The minimum absolute atomic E-state index is 0.0184. The van der Waals surface area contributed by atoms with Crippen molar-refractivity contribution in [2.24, 2.45) is 5.10 Å². The number of carbonyl (C=O) groups excluding carboxylic acids is 2. The van der Waals surface area contributed by atoms with Crippen molar-refractivity contribution in [3.63, 3.8) is 0 Å². The molecule has 0 saturated carbocycles. The number of carbonyl (C=O) groups is 2. The van der Waals surface area contributed by atoms with Gasteiger partial charge in [-0.15, -0.1) is 0 Å². The minimum Gasteiger partial charge on any atom is -0.478 e. The van der Waals surface area contributed by atoms with Crippen LogP contribution in [0, 0.1) is 11.3 Å². The van der Waals surface area contributed by atoms with Gasteiger partial charge in [-0.05, 0) is 57.4 Å². The SMILES string of the molecule is N#CCOc1ccc(/C=N\NC(=O)C[C@@H](NC(=O)c2ccccc2)c2ccccc2)cc1Br. The van der Waals surface area contributed by atoms with Crippen molar-refractivity contribution < 1.29 is 14.3 Å². The maximum atomic E-state index is 12.6. The van der Waals surface area contributed by atoms with Crippen molar-refractivity contribution in [2.45, 2.75) is 12.5 Å². The van der Waals surface area contributed by atoms with E-state index in [1.807, 2.05) is 42.5 Å². The predicted molar refractivity (Wildman–Crippen MR) is 129 cm³/mol. The highest BCUT2D eigenvalue weighted by atomic mass is 79.9. The summed E-state index contributed by atoms with van der Waals surface area (Å²) in [6.45, 7) is -0.0501. The van der Waals surface area contributed by atoms with Gasteiger partial charge in [0.1, 0.15) is 11.8 Å². The van der Waals surface area contributed by atoms with E-state index in [0.29, 0.717) is 15.8 Å². The fourth-order valence-electron chi connectivity index (χ4n) is 3.00. The maximum absolute atomic E-state index is 12.6. The van der Waals surface area contributed by atoms with Gasteiger partial charge in [0, 0.05) is 5.56 Å². The molecule has 0 aliphatic heterocycles. The molecule has 0 unspecified atom stereocenters. The fraction of sp³-hybridized carbons (Fsp3) is 0.120. The summed E-state index contributed by atoms with van der Waals surface area (Å²) in [5.41, 5.74) is 4.56. The summed E-state index contributed by atoms with van der Waals surface area (Å²) in [4.78, 5) is 25.2. The summed E-state index contributed by atoms with van der Waals surface area (Å²) < 4.78 is 5.94. The summed E-state index contributed by atoms with van der Waals surface area (Å²) in [5.74, 6) is -0.0663. The molecule has 3 aromatic carbocycles. The molecule has 0 heterocycles. The molecule has 0 aliphatic rings. The second-order valence-corrected chi connectivity index (χ2v) is 7.79. The molecule has 2 amide bonds. The van der Waals surface area contributed by atoms with E-state index >= 15 is 0 Å². The van der Waals surface area contributed by atoms with Crippen LogP contribution in [0.25, 0.3) is 0 Å². The van der Waals surface area contributed by atoms with E-state index in [0.717, 1.165) is 11.1 Å². The third-order valence-corrected chi connectivity index (χ3v) is 5.20. The lowest BCUT2D eigenvalue weighted by atomic mass is 10.0. The molecule has 0 spiro atoms. The molecule has 1 atom stereocenters. The van der Waals surface area contributed by atoms with E-state index in [-0.39, 0.29) is 24.8 Å². The molecule has 7 nitrogen and oxygen atoms in total. The first-order valence-corrected chi connectivity index (χ1v) is 10.9. The van der Waals surface area contributed by atoms with Crippen LogP contribution in [0.3, 0.4) is 0 Å². The minimum atomic E-state index is -0.514. The number of ether oxygens (including phenoxy) is 1. The smallest absolute Gasteiger partial charge is 0.251 e. The van der Waals surface area contributed by atoms with Crippen LogP contribution >= 0.6 is 15.9 Å². The third kappa shape index (κ3) is 7.30. The van der Waals surface area contributed by atoms with Gasteiger partial charge in [0.15, 0.2) is 6.61 Å². The van der Waals surface area contributed by atoms with Crippen LogP contribution in [0.1, 0.15) is 33.9 Å². The monoisotopic (exact) mass is 504 g/mol. The Morgan fingerprint density at radius 2 is 1.76 bits per heavy atom. The van der Waals surface area contributed by atoms with Crippen molar-refractivity contribution in [3.05, 3.63) is 100 Å². The Morgan fingerprint density at radius 3 is 2.42 bits per heavy atom. The van der Waals surface area contributed by atoms with Crippen LogP contribution in [0.5, 0.6) is 5.75 Å². The van der Waals surface area contributed by atoms with E-state index in [1.165, 1.54) is 6.21 Å². The van der Waals surface area contributed by atoms with E-state index in [2.05, 4.69) is 31.8 Å². The fourth-order valence-corrected chi connectivity index (χ4v) is 3.51. The number of benzene rings is 3. The Morgan fingerprint density at radius 1 is 1.06 bits per heavy atom. The summed E-state index contributed by atoms with van der Waals surface area (Å²) in [6, 6.07) is 24.8. The van der Waals surface area contributed by atoms with Gasteiger partial charge in [0.2, 0.25) is 5.91 Å². The third-order valence-electron chi connectivity index (χ3n) is 4.58. The Balaban J connectivity index is 1.63. The van der Waals surface area contributed by atoms with Crippen molar-refractivity contribution in [1.82, 2.24) is 10.7 Å². The largest absolute Gasteiger partial charge is 0.478 e. The predicted octanol–water partition coefficient (Wildman–Crippen LogP) is 4.36. The number of amides is 2. The Kier molecular flexibility index (Phi) is 8.74. The summed E-state index contributed by atoms with van der Waals surface area (Å²) in [7, 11) is 0. The molecule has 33 heavy (non-hydrogen) atoms. The zero-order valence-corrected chi connectivity index (χ0v) is 19.2. The van der Waals surface area contributed by atoms with E-state index in [4.69, 9.17) is 10.00 Å². The Bertz CT molecular complexity index is 1160. The molecule has 8 heteroatoms. The number of nitrogens with one attached hydrogen (secondary N) is 2. The quantitative estimate of drug-likeness (QED) is 0.333. The number of nitrogens with zero attached hydrogens (tertiary/aromatic N) is 2. The number of nitriles is 1. The summed E-state index contributed by atoms with van der Waals surface area (Å²) >= 11 is 3.38. The number of hydrazone groups is 1. The lowest BCUT2D eigenvalue weighted by Crippen LogP contribution is -2.32.